The first-order valence-corrected chi connectivity index (χ1v) is 10.9. The van der Waals surface area contributed by atoms with Crippen LogP contribution in [0.4, 0.5) is 13.2 Å². The maximum absolute atomic E-state index is 13.5. The number of rotatable bonds is 7. The van der Waals surface area contributed by atoms with E-state index in [1.165, 1.54) is 6.07 Å². The number of hydrogen-bond donors (Lipinski definition) is 4. The summed E-state index contributed by atoms with van der Waals surface area (Å²) >= 11 is 0. The number of carbonyl (C=O) groups is 3. The number of halogens is 3. The van der Waals surface area contributed by atoms with E-state index < -0.39 is 74.7 Å². The topological polar surface area (TPSA) is 142 Å². The molecule has 2 heterocycles. The molecule has 0 saturated heterocycles. The zero-order valence-corrected chi connectivity index (χ0v) is 18.9. The molecule has 4 N–H and O–H groups in total. The van der Waals surface area contributed by atoms with E-state index in [2.05, 4.69) is 5.32 Å². The highest BCUT2D eigenvalue weighted by Crippen LogP contribution is 2.34. The predicted octanol–water partition coefficient (Wildman–Crippen LogP) is 0.153. The van der Waals surface area contributed by atoms with Crippen LogP contribution in [0.1, 0.15) is 49.4 Å². The smallest absolute Gasteiger partial charge is 0.481 e. The van der Waals surface area contributed by atoms with Crippen LogP contribution in [0.3, 0.4) is 0 Å². The highest BCUT2D eigenvalue weighted by atomic mass is 19.4. The Hall–Kier alpha value is -3.19. The van der Waals surface area contributed by atoms with Crippen LogP contribution in [0.5, 0.6) is 0 Å². The number of amides is 1. The summed E-state index contributed by atoms with van der Waals surface area (Å²) in [6.07, 6.45) is -5.31. The molecule has 2 aliphatic rings. The molecule has 0 fully saturated rings. The van der Waals surface area contributed by atoms with Crippen LogP contribution in [0.2, 0.25) is 0 Å². The Balaban J connectivity index is 1.49. The third-order valence-corrected chi connectivity index (χ3v) is 6.27. The first kappa shape index (κ1) is 25.9. The number of aryl methyl sites for hydroxylation is 1. The summed E-state index contributed by atoms with van der Waals surface area (Å²) in [6.45, 7) is 0.900. The lowest BCUT2D eigenvalue weighted by Crippen LogP contribution is -2.36. The van der Waals surface area contributed by atoms with E-state index in [1.807, 2.05) is 0 Å². The van der Waals surface area contributed by atoms with Gasteiger partial charge in [0, 0.05) is 24.1 Å². The lowest BCUT2D eigenvalue weighted by atomic mass is 9.77. The van der Waals surface area contributed by atoms with Crippen LogP contribution in [0.15, 0.2) is 24.3 Å². The SMILES string of the molecule is Cc1cc(C(=O)C[C@@H](CNC(=O)c2cc3c(c(C(F)(F)F)c2)COB3O)C(=O)O)cc2c1COB2O. The lowest BCUT2D eigenvalue weighted by Gasteiger charge is -2.16. The van der Waals surface area contributed by atoms with Gasteiger partial charge in [0.15, 0.2) is 5.78 Å². The van der Waals surface area contributed by atoms with Crippen molar-refractivity contribution in [3.05, 3.63) is 57.6 Å². The average Bonchev–Trinajstić information content (AvgIpc) is 3.37. The summed E-state index contributed by atoms with van der Waals surface area (Å²) in [7, 11) is -2.82. The van der Waals surface area contributed by atoms with Crippen molar-refractivity contribution in [3.8, 4) is 0 Å². The predicted molar refractivity (Wildman–Crippen MR) is 120 cm³/mol. The van der Waals surface area contributed by atoms with Crippen LogP contribution in [-0.2, 0) is 33.5 Å². The molecule has 2 aliphatic heterocycles. The van der Waals surface area contributed by atoms with Gasteiger partial charge in [-0.05, 0) is 52.7 Å². The maximum atomic E-state index is 13.5. The molecule has 0 aromatic heterocycles. The number of benzene rings is 2. The molecule has 36 heavy (non-hydrogen) atoms. The second-order valence-electron chi connectivity index (χ2n) is 8.65. The third kappa shape index (κ3) is 5.03. The molecule has 1 amide bonds. The summed E-state index contributed by atoms with van der Waals surface area (Å²) in [5.41, 5.74) is -0.0366. The van der Waals surface area contributed by atoms with Gasteiger partial charge in [0.2, 0.25) is 0 Å². The van der Waals surface area contributed by atoms with Gasteiger partial charge < -0.3 is 29.8 Å². The molecule has 4 rings (SSSR count). The van der Waals surface area contributed by atoms with Gasteiger partial charge in [-0.25, -0.2) is 0 Å². The quantitative estimate of drug-likeness (QED) is 0.308. The zero-order valence-electron chi connectivity index (χ0n) is 18.9. The number of carbonyl (C=O) groups excluding carboxylic acids is 2. The molecular weight excluding hydrogens is 485 g/mol. The Labute approximate surface area is 203 Å². The Morgan fingerprint density at radius 2 is 1.58 bits per heavy atom. The number of ketones is 1. The number of aliphatic carboxylic acids is 1. The largest absolute Gasteiger partial charge is 0.491 e. The minimum absolute atomic E-state index is 0.163. The van der Waals surface area contributed by atoms with Gasteiger partial charge in [0.05, 0.1) is 24.7 Å². The van der Waals surface area contributed by atoms with Crippen molar-refractivity contribution in [2.45, 2.75) is 32.7 Å². The number of carboxylic acids is 1. The fourth-order valence-corrected chi connectivity index (χ4v) is 4.29. The minimum Gasteiger partial charge on any atom is -0.481 e. The Morgan fingerprint density at radius 1 is 1.00 bits per heavy atom. The van der Waals surface area contributed by atoms with Crippen molar-refractivity contribution in [3.63, 3.8) is 0 Å². The summed E-state index contributed by atoms with van der Waals surface area (Å²) in [4.78, 5) is 37.1. The number of carboxylic acid groups (broad SMARTS) is 1. The first-order valence-electron chi connectivity index (χ1n) is 10.9. The second kappa shape index (κ2) is 9.69. The number of nitrogens with one attached hydrogen (secondary N) is 1. The fourth-order valence-electron chi connectivity index (χ4n) is 4.29. The summed E-state index contributed by atoms with van der Waals surface area (Å²) in [5.74, 6) is -4.33. The van der Waals surface area contributed by atoms with Crippen molar-refractivity contribution >= 4 is 42.8 Å². The Kier molecular flexibility index (Phi) is 6.97. The standard InChI is InChI=1S/C22H20B2F3NO8/c1-10-2-11(4-17-14(10)8-35-23(17)33)19(29)6-13(21(31)32)7-28-20(30)12-3-16(22(25,26)27)15-9-36-24(34)18(15)5-12/h2-5,13,33-34H,6-9H2,1H3,(H,28,30)(H,31,32)/t13-/m0/s1. The normalized spacial score (nSPS) is 15.5. The molecule has 188 valence electrons. The molecule has 9 nitrogen and oxygen atoms in total. The highest BCUT2D eigenvalue weighted by Gasteiger charge is 2.40. The number of hydrogen-bond acceptors (Lipinski definition) is 7. The van der Waals surface area contributed by atoms with Gasteiger partial charge in [-0.3, -0.25) is 14.4 Å². The fraction of sp³-hybridized carbons (Fsp3) is 0.318. The summed E-state index contributed by atoms with van der Waals surface area (Å²) in [6, 6.07) is 4.64. The molecule has 0 unspecified atom stereocenters. The Bertz CT molecular complexity index is 1250. The van der Waals surface area contributed by atoms with Crippen LogP contribution in [0.25, 0.3) is 0 Å². The van der Waals surface area contributed by atoms with Crippen LogP contribution >= 0.6 is 0 Å². The van der Waals surface area contributed by atoms with Crippen LogP contribution < -0.4 is 16.2 Å². The number of Topliss-reactive ketones (excluding diaryl/α,β-unsaturated/α-hetero) is 1. The zero-order chi connectivity index (χ0) is 26.4. The molecule has 0 saturated carbocycles. The Morgan fingerprint density at radius 3 is 2.19 bits per heavy atom. The van der Waals surface area contributed by atoms with Gasteiger partial charge >= 0.3 is 26.4 Å². The van der Waals surface area contributed by atoms with Crippen molar-refractivity contribution in [1.82, 2.24) is 5.32 Å². The number of fused-ring (bicyclic) bond motifs is 2. The van der Waals surface area contributed by atoms with E-state index in [9.17, 15) is 42.7 Å². The van der Waals surface area contributed by atoms with E-state index in [-0.39, 0.29) is 23.2 Å². The number of alkyl halides is 3. The van der Waals surface area contributed by atoms with Crippen molar-refractivity contribution in [1.29, 1.82) is 0 Å². The van der Waals surface area contributed by atoms with Crippen LogP contribution in [-0.4, -0.2) is 53.6 Å². The monoisotopic (exact) mass is 505 g/mol. The highest BCUT2D eigenvalue weighted by molar-refractivity contribution is 6.62. The molecule has 14 heteroatoms. The third-order valence-electron chi connectivity index (χ3n) is 6.27. The van der Waals surface area contributed by atoms with Crippen molar-refractivity contribution in [2.24, 2.45) is 5.92 Å². The minimum atomic E-state index is -4.81. The molecule has 0 spiro atoms. The average molecular weight is 505 g/mol. The molecule has 2 aromatic rings. The molecule has 0 aliphatic carbocycles. The second-order valence-corrected chi connectivity index (χ2v) is 8.65. The molecule has 2 aromatic carbocycles. The van der Waals surface area contributed by atoms with E-state index in [0.717, 1.165) is 11.6 Å². The van der Waals surface area contributed by atoms with E-state index in [0.29, 0.717) is 17.1 Å². The molecular formula is C22H20B2F3NO8. The van der Waals surface area contributed by atoms with Gasteiger partial charge in [-0.1, -0.05) is 6.07 Å². The van der Waals surface area contributed by atoms with Gasteiger partial charge in [-0.15, -0.1) is 0 Å². The maximum Gasteiger partial charge on any atom is 0.491 e. The molecule has 1 atom stereocenters. The van der Waals surface area contributed by atoms with Gasteiger partial charge in [-0.2, -0.15) is 13.2 Å². The van der Waals surface area contributed by atoms with Gasteiger partial charge in [0.25, 0.3) is 5.91 Å². The summed E-state index contributed by atoms with van der Waals surface area (Å²) in [5, 5.41) is 31.5. The first-order chi connectivity index (χ1) is 16.9. The van der Waals surface area contributed by atoms with E-state index in [4.69, 9.17) is 9.31 Å². The van der Waals surface area contributed by atoms with Crippen molar-refractivity contribution in [2.75, 3.05) is 6.54 Å². The van der Waals surface area contributed by atoms with E-state index >= 15 is 0 Å². The summed E-state index contributed by atoms with van der Waals surface area (Å²) < 4.78 is 50.4. The van der Waals surface area contributed by atoms with Crippen LogP contribution in [0, 0.1) is 12.8 Å². The van der Waals surface area contributed by atoms with E-state index in [1.54, 1.807) is 13.0 Å². The molecule has 0 bridgehead atoms. The van der Waals surface area contributed by atoms with Gasteiger partial charge in [0.1, 0.15) is 0 Å². The van der Waals surface area contributed by atoms with Crippen molar-refractivity contribution < 1.29 is 52.0 Å². The molecule has 0 radical (unpaired) electrons. The lowest BCUT2D eigenvalue weighted by molar-refractivity contribution is -0.141.